The molecule has 2 heterocycles. The van der Waals surface area contributed by atoms with Gasteiger partial charge in [-0.25, -0.2) is 4.98 Å². The van der Waals surface area contributed by atoms with E-state index in [1.165, 1.54) is 0 Å². The van der Waals surface area contributed by atoms with Crippen molar-refractivity contribution in [2.75, 3.05) is 19.6 Å². The number of fused-ring (bicyclic) bond motifs is 1. The number of rotatable bonds is 1. The van der Waals surface area contributed by atoms with Crippen molar-refractivity contribution in [2.45, 2.75) is 6.42 Å². The predicted octanol–water partition coefficient (Wildman–Crippen LogP) is 1.20. The minimum atomic E-state index is -0.118. The van der Waals surface area contributed by atoms with E-state index in [0.29, 0.717) is 31.7 Å². The van der Waals surface area contributed by atoms with Crippen LogP contribution in [0.3, 0.4) is 0 Å². The lowest BCUT2D eigenvalue weighted by atomic mass is 10.2. The van der Waals surface area contributed by atoms with Crippen LogP contribution in [0.2, 0.25) is 0 Å². The second-order valence-electron chi connectivity index (χ2n) is 4.78. The van der Waals surface area contributed by atoms with E-state index in [-0.39, 0.29) is 11.8 Å². The Hall–Kier alpha value is -2.43. The molecular weight excluding hydrogens is 254 g/mol. The van der Waals surface area contributed by atoms with Gasteiger partial charge in [-0.1, -0.05) is 24.3 Å². The first-order valence-corrected chi connectivity index (χ1v) is 6.66. The molecule has 1 fully saturated rings. The summed E-state index contributed by atoms with van der Waals surface area (Å²) in [7, 11) is 0. The van der Waals surface area contributed by atoms with Crippen LogP contribution in [0.5, 0.6) is 0 Å². The van der Waals surface area contributed by atoms with E-state index in [0.717, 1.165) is 10.9 Å². The third-order valence-electron chi connectivity index (χ3n) is 3.42. The normalized spacial score (nSPS) is 15.8. The summed E-state index contributed by atoms with van der Waals surface area (Å²) in [5.74, 6) is -0.126. The highest BCUT2D eigenvalue weighted by molar-refractivity contribution is 5.95. The summed E-state index contributed by atoms with van der Waals surface area (Å²) in [6.45, 7) is 1.47. The SMILES string of the molecule is O=C1CCN(C(=O)c2ccc3ccccc3n2)CCN1. The number of aromatic nitrogens is 1. The summed E-state index contributed by atoms with van der Waals surface area (Å²) in [5.41, 5.74) is 1.24. The lowest BCUT2D eigenvalue weighted by Gasteiger charge is -2.19. The first-order chi connectivity index (χ1) is 9.74. The van der Waals surface area contributed by atoms with E-state index in [9.17, 15) is 9.59 Å². The number of hydrogen-bond acceptors (Lipinski definition) is 3. The molecule has 1 aliphatic rings. The molecule has 0 bridgehead atoms. The average molecular weight is 269 g/mol. The van der Waals surface area contributed by atoms with Gasteiger partial charge in [0.2, 0.25) is 5.91 Å². The highest BCUT2D eigenvalue weighted by Crippen LogP contribution is 2.13. The lowest BCUT2D eigenvalue weighted by molar-refractivity contribution is -0.120. The predicted molar refractivity (Wildman–Crippen MR) is 75.3 cm³/mol. The summed E-state index contributed by atoms with van der Waals surface area (Å²) in [4.78, 5) is 29.8. The van der Waals surface area contributed by atoms with E-state index in [4.69, 9.17) is 0 Å². The van der Waals surface area contributed by atoms with Crippen molar-refractivity contribution in [3.8, 4) is 0 Å². The van der Waals surface area contributed by atoms with Crippen molar-refractivity contribution in [2.24, 2.45) is 0 Å². The van der Waals surface area contributed by atoms with Gasteiger partial charge >= 0.3 is 0 Å². The monoisotopic (exact) mass is 269 g/mol. The third kappa shape index (κ3) is 2.47. The summed E-state index contributed by atoms with van der Waals surface area (Å²) >= 11 is 0. The standard InChI is InChI=1S/C15H15N3O2/c19-14-7-9-18(10-8-16-14)15(20)13-6-5-11-3-1-2-4-12(11)17-13/h1-6H,7-10H2,(H,16,19). The van der Waals surface area contributed by atoms with Gasteiger partial charge in [-0.3, -0.25) is 9.59 Å². The number of carbonyl (C=O) groups excluding carboxylic acids is 2. The summed E-state index contributed by atoms with van der Waals surface area (Å²) < 4.78 is 0. The Balaban J connectivity index is 1.86. The van der Waals surface area contributed by atoms with Crippen molar-refractivity contribution < 1.29 is 9.59 Å². The number of nitrogens with zero attached hydrogens (tertiary/aromatic N) is 2. The molecule has 1 N–H and O–H groups in total. The molecule has 0 aliphatic carbocycles. The van der Waals surface area contributed by atoms with E-state index in [1.807, 2.05) is 30.3 Å². The molecule has 1 aromatic heterocycles. The Morgan fingerprint density at radius 2 is 2.00 bits per heavy atom. The summed E-state index contributed by atoms with van der Waals surface area (Å²) in [6.07, 6.45) is 0.347. The zero-order valence-corrected chi connectivity index (χ0v) is 11.0. The topological polar surface area (TPSA) is 62.3 Å². The second kappa shape index (κ2) is 5.28. The molecule has 2 amide bonds. The Labute approximate surface area is 116 Å². The fraction of sp³-hybridized carbons (Fsp3) is 0.267. The molecule has 102 valence electrons. The van der Waals surface area contributed by atoms with Gasteiger partial charge in [0.05, 0.1) is 5.52 Å². The number of benzene rings is 1. The zero-order valence-electron chi connectivity index (χ0n) is 11.0. The van der Waals surface area contributed by atoms with Gasteiger partial charge < -0.3 is 10.2 Å². The molecule has 1 saturated heterocycles. The minimum Gasteiger partial charge on any atom is -0.354 e. The third-order valence-corrected chi connectivity index (χ3v) is 3.42. The van der Waals surface area contributed by atoms with Gasteiger partial charge in [0.15, 0.2) is 0 Å². The van der Waals surface area contributed by atoms with E-state index < -0.39 is 0 Å². The summed E-state index contributed by atoms with van der Waals surface area (Å²) in [5, 5.41) is 3.77. The van der Waals surface area contributed by atoms with Gasteiger partial charge in [0, 0.05) is 31.4 Å². The van der Waals surface area contributed by atoms with Crippen molar-refractivity contribution in [3.05, 3.63) is 42.1 Å². The van der Waals surface area contributed by atoms with Crippen LogP contribution >= 0.6 is 0 Å². The minimum absolute atomic E-state index is 0.00762. The molecule has 0 saturated carbocycles. The molecule has 1 aromatic carbocycles. The second-order valence-corrected chi connectivity index (χ2v) is 4.78. The van der Waals surface area contributed by atoms with Crippen LogP contribution in [0, 0.1) is 0 Å². The first kappa shape index (κ1) is 12.6. The molecule has 1 aliphatic heterocycles. The zero-order chi connectivity index (χ0) is 13.9. The molecule has 2 aromatic rings. The molecule has 20 heavy (non-hydrogen) atoms. The molecule has 3 rings (SSSR count). The van der Waals surface area contributed by atoms with Gasteiger partial charge in [0.1, 0.15) is 5.69 Å². The van der Waals surface area contributed by atoms with Gasteiger partial charge in [-0.05, 0) is 12.1 Å². The van der Waals surface area contributed by atoms with Gasteiger partial charge in [-0.2, -0.15) is 0 Å². The maximum Gasteiger partial charge on any atom is 0.272 e. The number of amides is 2. The smallest absolute Gasteiger partial charge is 0.272 e. The Kier molecular flexibility index (Phi) is 3.33. The number of carbonyl (C=O) groups is 2. The molecule has 0 unspecified atom stereocenters. The number of hydrogen-bond donors (Lipinski definition) is 1. The molecule has 5 nitrogen and oxygen atoms in total. The number of nitrogens with one attached hydrogen (secondary N) is 1. The van der Waals surface area contributed by atoms with Crippen LogP contribution in [0.15, 0.2) is 36.4 Å². The van der Waals surface area contributed by atoms with Crippen molar-refractivity contribution >= 4 is 22.7 Å². The van der Waals surface area contributed by atoms with Crippen LogP contribution in [-0.4, -0.2) is 41.3 Å². The molecular formula is C15H15N3O2. The molecule has 0 radical (unpaired) electrons. The van der Waals surface area contributed by atoms with Crippen molar-refractivity contribution in [3.63, 3.8) is 0 Å². The highest BCUT2D eigenvalue weighted by Gasteiger charge is 2.20. The van der Waals surface area contributed by atoms with Gasteiger partial charge in [-0.15, -0.1) is 0 Å². The van der Waals surface area contributed by atoms with Crippen molar-refractivity contribution in [1.29, 1.82) is 0 Å². The maximum atomic E-state index is 12.4. The van der Waals surface area contributed by atoms with E-state index >= 15 is 0 Å². The largest absolute Gasteiger partial charge is 0.354 e. The Morgan fingerprint density at radius 3 is 2.90 bits per heavy atom. The molecule has 5 heteroatoms. The summed E-state index contributed by atoms with van der Waals surface area (Å²) in [6, 6.07) is 11.3. The number of para-hydroxylation sites is 1. The average Bonchev–Trinajstić information content (AvgIpc) is 2.71. The van der Waals surface area contributed by atoms with Crippen LogP contribution in [-0.2, 0) is 4.79 Å². The molecule has 0 atom stereocenters. The van der Waals surface area contributed by atoms with E-state index in [1.54, 1.807) is 11.0 Å². The fourth-order valence-corrected chi connectivity index (χ4v) is 2.32. The Bertz CT molecular complexity index is 669. The van der Waals surface area contributed by atoms with Crippen LogP contribution < -0.4 is 5.32 Å². The lowest BCUT2D eigenvalue weighted by Crippen LogP contribution is -2.34. The van der Waals surface area contributed by atoms with E-state index in [2.05, 4.69) is 10.3 Å². The fourth-order valence-electron chi connectivity index (χ4n) is 2.32. The first-order valence-electron chi connectivity index (χ1n) is 6.66. The van der Waals surface area contributed by atoms with Crippen LogP contribution in [0.25, 0.3) is 10.9 Å². The van der Waals surface area contributed by atoms with Crippen molar-refractivity contribution in [1.82, 2.24) is 15.2 Å². The van der Waals surface area contributed by atoms with Gasteiger partial charge in [0.25, 0.3) is 5.91 Å². The quantitative estimate of drug-likeness (QED) is 0.846. The number of pyridine rings is 1. The maximum absolute atomic E-state index is 12.4. The Morgan fingerprint density at radius 1 is 1.15 bits per heavy atom. The van der Waals surface area contributed by atoms with Crippen LogP contribution in [0.4, 0.5) is 0 Å². The van der Waals surface area contributed by atoms with Crippen LogP contribution in [0.1, 0.15) is 16.9 Å². The molecule has 0 spiro atoms. The highest BCUT2D eigenvalue weighted by atomic mass is 16.2.